The van der Waals surface area contributed by atoms with Gasteiger partial charge < -0.3 is 14.6 Å². The van der Waals surface area contributed by atoms with Crippen LogP contribution in [0.1, 0.15) is 11.7 Å². The van der Waals surface area contributed by atoms with Crippen molar-refractivity contribution in [3.05, 3.63) is 11.8 Å². The summed E-state index contributed by atoms with van der Waals surface area (Å²) in [6.07, 6.45) is 0. The summed E-state index contributed by atoms with van der Waals surface area (Å²) < 4.78 is 9.93. The van der Waals surface area contributed by atoms with E-state index in [1.807, 2.05) is 6.07 Å². The first kappa shape index (κ1) is 6.67. The first-order valence-corrected chi connectivity index (χ1v) is 3.61. The van der Waals surface area contributed by atoms with Crippen LogP contribution in [0, 0.1) is 0 Å². The lowest BCUT2D eigenvalue weighted by Crippen LogP contribution is -2.39. The van der Waals surface area contributed by atoms with Gasteiger partial charge in [0.15, 0.2) is 0 Å². The molecule has 4 heteroatoms. The molecule has 0 spiro atoms. The Hall–Kier alpha value is -1.03. The second-order valence-corrected chi connectivity index (χ2v) is 2.63. The average molecular weight is 154 g/mol. The van der Waals surface area contributed by atoms with Crippen LogP contribution < -0.4 is 10.1 Å². The van der Waals surface area contributed by atoms with E-state index >= 15 is 0 Å². The van der Waals surface area contributed by atoms with E-state index in [9.17, 15) is 0 Å². The second-order valence-electron chi connectivity index (χ2n) is 2.63. The summed E-state index contributed by atoms with van der Waals surface area (Å²) in [6, 6.07) is 1.84. The lowest BCUT2D eigenvalue weighted by molar-refractivity contribution is 0.295. The number of aromatic nitrogens is 1. The van der Waals surface area contributed by atoms with Gasteiger partial charge in [-0.05, 0) is 5.16 Å². The monoisotopic (exact) mass is 154 g/mol. The molecule has 1 aliphatic rings. The third-order valence-corrected chi connectivity index (χ3v) is 1.90. The number of hydrogen-bond acceptors (Lipinski definition) is 4. The highest BCUT2D eigenvalue weighted by Crippen LogP contribution is 2.22. The van der Waals surface area contributed by atoms with Crippen molar-refractivity contribution in [2.45, 2.75) is 5.92 Å². The van der Waals surface area contributed by atoms with Gasteiger partial charge in [-0.3, -0.25) is 0 Å². The molecule has 1 aromatic rings. The molecule has 1 N–H and O–H groups in total. The molecule has 1 saturated heterocycles. The molecule has 0 unspecified atom stereocenters. The number of nitrogens with one attached hydrogen (secondary N) is 1. The van der Waals surface area contributed by atoms with Crippen LogP contribution >= 0.6 is 0 Å². The fourth-order valence-electron chi connectivity index (χ4n) is 1.05. The fraction of sp³-hybridized carbons (Fsp3) is 0.571. The van der Waals surface area contributed by atoms with Gasteiger partial charge in [-0.15, -0.1) is 0 Å². The predicted molar refractivity (Wildman–Crippen MR) is 38.7 cm³/mol. The third kappa shape index (κ3) is 1.09. The molecule has 0 atom stereocenters. The van der Waals surface area contributed by atoms with E-state index in [-0.39, 0.29) is 0 Å². The van der Waals surface area contributed by atoms with Gasteiger partial charge in [0.1, 0.15) is 5.76 Å². The summed E-state index contributed by atoms with van der Waals surface area (Å²) in [5.41, 5.74) is 0. The zero-order valence-corrected chi connectivity index (χ0v) is 6.33. The molecule has 1 aromatic heterocycles. The highest BCUT2D eigenvalue weighted by molar-refractivity contribution is 5.17. The Bertz CT molecular complexity index is 242. The van der Waals surface area contributed by atoms with Gasteiger partial charge in [0.25, 0.3) is 5.88 Å². The number of methoxy groups -OCH3 is 1. The van der Waals surface area contributed by atoms with E-state index in [1.54, 1.807) is 7.11 Å². The van der Waals surface area contributed by atoms with E-state index in [2.05, 4.69) is 10.5 Å². The Morgan fingerprint density at radius 2 is 2.55 bits per heavy atom. The van der Waals surface area contributed by atoms with Crippen molar-refractivity contribution in [2.75, 3.05) is 20.2 Å². The van der Waals surface area contributed by atoms with Gasteiger partial charge in [-0.1, -0.05) is 0 Å². The molecule has 2 rings (SSSR count). The fourth-order valence-corrected chi connectivity index (χ4v) is 1.05. The van der Waals surface area contributed by atoms with Gasteiger partial charge in [-0.25, -0.2) is 0 Å². The Balaban J connectivity index is 2.11. The van der Waals surface area contributed by atoms with Crippen molar-refractivity contribution >= 4 is 0 Å². The lowest BCUT2D eigenvalue weighted by atomic mass is 10.0. The number of hydrogen-bond donors (Lipinski definition) is 1. The van der Waals surface area contributed by atoms with E-state index in [1.165, 1.54) is 0 Å². The number of rotatable bonds is 2. The van der Waals surface area contributed by atoms with E-state index in [0.717, 1.165) is 18.8 Å². The molecule has 1 fully saturated rings. The van der Waals surface area contributed by atoms with Crippen molar-refractivity contribution in [3.8, 4) is 5.88 Å². The number of ether oxygens (including phenoxy) is 1. The van der Waals surface area contributed by atoms with Crippen molar-refractivity contribution < 1.29 is 9.26 Å². The van der Waals surface area contributed by atoms with Crippen LogP contribution in [0.5, 0.6) is 5.88 Å². The first-order chi connectivity index (χ1) is 5.40. The minimum Gasteiger partial charge on any atom is -0.479 e. The summed E-state index contributed by atoms with van der Waals surface area (Å²) in [7, 11) is 1.58. The Morgan fingerprint density at radius 1 is 1.73 bits per heavy atom. The van der Waals surface area contributed by atoms with Gasteiger partial charge >= 0.3 is 0 Å². The standard InChI is InChI=1S/C7H10N2O2/c1-10-7-2-6(11-9-7)5-3-8-4-5/h2,5,8H,3-4H2,1H3. The van der Waals surface area contributed by atoms with Crippen LogP contribution in [0.3, 0.4) is 0 Å². The molecule has 0 aromatic carbocycles. The maximum absolute atomic E-state index is 5.04. The van der Waals surface area contributed by atoms with E-state index < -0.39 is 0 Å². The largest absolute Gasteiger partial charge is 0.479 e. The van der Waals surface area contributed by atoms with Crippen molar-refractivity contribution in [1.82, 2.24) is 10.5 Å². The molecule has 0 saturated carbocycles. The van der Waals surface area contributed by atoms with Gasteiger partial charge in [0, 0.05) is 25.1 Å². The summed E-state index contributed by atoms with van der Waals surface area (Å²) in [5.74, 6) is 1.97. The van der Waals surface area contributed by atoms with Gasteiger partial charge in [0.2, 0.25) is 0 Å². The molecule has 0 bridgehead atoms. The summed E-state index contributed by atoms with van der Waals surface area (Å²) >= 11 is 0. The van der Waals surface area contributed by atoms with Crippen LogP contribution in [0.2, 0.25) is 0 Å². The molecule has 1 aliphatic heterocycles. The van der Waals surface area contributed by atoms with Crippen LogP contribution in [-0.2, 0) is 0 Å². The van der Waals surface area contributed by atoms with Gasteiger partial charge in [-0.2, -0.15) is 0 Å². The van der Waals surface area contributed by atoms with E-state index in [0.29, 0.717) is 11.8 Å². The molecule has 0 radical (unpaired) electrons. The lowest BCUT2D eigenvalue weighted by Gasteiger charge is -2.23. The molecular weight excluding hydrogens is 144 g/mol. The molecular formula is C7H10N2O2. The highest BCUT2D eigenvalue weighted by Gasteiger charge is 2.23. The Kier molecular flexibility index (Phi) is 1.54. The van der Waals surface area contributed by atoms with Crippen molar-refractivity contribution in [3.63, 3.8) is 0 Å². The van der Waals surface area contributed by atoms with Crippen molar-refractivity contribution in [2.24, 2.45) is 0 Å². The minimum atomic E-state index is 0.492. The maximum atomic E-state index is 5.04. The predicted octanol–water partition coefficient (Wildman–Crippen LogP) is 0.370. The second kappa shape index (κ2) is 2.54. The Labute approximate surface area is 64.5 Å². The zero-order chi connectivity index (χ0) is 7.68. The minimum absolute atomic E-state index is 0.492. The van der Waals surface area contributed by atoms with Crippen LogP contribution in [0.15, 0.2) is 10.6 Å². The van der Waals surface area contributed by atoms with Gasteiger partial charge in [0.05, 0.1) is 7.11 Å². The molecule has 11 heavy (non-hydrogen) atoms. The summed E-state index contributed by atoms with van der Waals surface area (Å²) in [5, 5.41) is 6.87. The zero-order valence-electron chi connectivity index (χ0n) is 6.33. The van der Waals surface area contributed by atoms with Crippen LogP contribution in [0.4, 0.5) is 0 Å². The highest BCUT2D eigenvalue weighted by atomic mass is 16.5. The first-order valence-electron chi connectivity index (χ1n) is 3.61. The molecule has 0 amide bonds. The molecule has 4 nitrogen and oxygen atoms in total. The SMILES string of the molecule is COc1cc(C2CNC2)on1. The quantitative estimate of drug-likeness (QED) is 0.668. The summed E-state index contributed by atoms with van der Waals surface area (Å²) in [4.78, 5) is 0. The number of nitrogens with zero attached hydrogens (tertiary/aromatic N) is 1. The molecule has 60 valence electrons. The van der Waals surface area contributed by atoms with Crippen LogP contribution in [-0.4, -0.2) is 25.4 Å². The maximum Gasteiger partial charge on any atom is 0.254 e. The van der Waals surface area contributed by atoms with Crippen molar-refractivity contribution in [1.29, 1.82) is 0 Å². The Morgan fingerprint density at radius 3 is 3.00 bits per heavy atom. The average Bonchev–Trinajstić information content (AvgIpc) is 2.32. The van der Waals surface area contributed by atoms with E-state index in [4.69, 9.17) is 9.26 Å². The smallest absolute Gasteiger partial charge is 0.254 e. The van der Waals surface area contributed by atoms with Crippen LogP contribution in [0.25, 0.3) is 0 Å². The molecule has 2 heterocycles. The molecule has 0 aliphatic carbocycles. The summed E-state index contributed by atoms with van der Waals surface area (Å²) in [6.45, 7) is 1.97. The third-order valence-electron chi connectivity index (χ3n) is 1.90. The normalized spacial score (nSPS) is 17.9. The topological polar surface area (TPSA) is 47.3 Å².